The SMILES string of the molecule is CC/C=C(/C=N/C(/C=C(\C)C(C)(C)C)=C(\C)C(C)CC)C(=O)/C=C/CC[C@H](COC(C)(C)F)C(=O)OC(C)(C)C. The van der Waals surface area contributed by atoms with E-state index in [1.165, 1.54) is 31.1 Å². The van der Waals surface area contributed by atoms with Crippen LogP contribution < -0.4 is 0 Å². The highest BCUT2D eigenvalue weighted by Crippen LogP contribution is 2.28. The summed E-state index contributed by atoms with van der Waals surface area (Å²) >= 11 is 0. The van der Waals surface area contributed by atoms with E-state index in [1.54, 1.807) is 33.1 Å². The van der Waals surface area contributed by atoms with Crippen LogP contribution in [-0.2, 0) is 19.1 Å². The monoisotopic (exact) mass is 561 g/mol. The van der Waals surface area contributed by atoms with E-state index in [-0.39, 0.29) is 17.8 Å². The topological polar surface area (TPSA) is 65.0 Å². The number of ether oxygens (including phenoxy) is 2. The van der Waals surface area contributed by atoms with Gasteiger partial charge >= 0.3 is 5.97 Å². The van der Waals surface area contributed by atoms with Crippen molar-refractivity contribution in [3.8, 4) is 0 Å². The van der Waals surface area contributed by atoms with Crippen molar-refractivity contribution in [1.82, 2.24) is 0 Å². The molecule has 0 saturated carbocycles. The Balaban J connectivity index is 5.80. The van der Waals surface area contributed by atoms with E-state index in [9.17, 15) is 14.0 Å². The number of carbonyl (C=O) groups excluding carboxylic acids is 2. The standard InChI is InChI=1S/C34H56FNO4/c1-14-18-27(22-36-29(26(5)24(3)15-2)21-25(4)32(6,7)8)30(37)20-17-16-19-28(23-39-34(12,13)35)31(38)40-33(9,10)11/h17-18,20-22,24,28H,14-16,19,23H2,1-13H3/b20-17+,25-21+,27-18-,29-26+,36-22+/t24?,28-/m1/s1. The van der Waals surface area contributed by atoms with Gasteiger partial charge in [0.25, 0.3) is 0 Å². The van der Waals surface area contributed by atoms with Gasteiger partial charge in [-0.15, -0.1) is 0 Å². The summed E-state index contributed by atoms with van der Waals surface area (Å²) in [6, 6.07) is 0. The fourth-order valence-corrected chi connectivity index (χ4v) is 3.35. The molecule has 40 heavy (non-hydrogen) atoms. The zero-order valence-electron chi connectivity index (χ0n) is 27.5. The molecule has 0 N–H and O–H groups in total. The molecule has 0 amide bonds. The predicted molar refractivity (Wildman–Crippen MR) is 166 cm³/mol. The highest BCUT2D eigenvalue weighted by molar-refractivity contribution is 6.18. The lowest BCUT2D eigenvalue weighted by Gasteiger charge is -2.25. The molecule has 0 radical (unpaired) electrons. The molecule has 6 heteroatoms. The molecule has 228 valence electrons. The quantitative estimate of drug-likeness (QED) is 0.0865. The number of nitrogens with zero attached hydrogens (tertiary/aromatic N) is 1. The van der Waals surface area contributed by atoms with Gasteiger partial charge in [0.1, 0.15) is 5.60 Å². The largest absolute Gasteiger partial charge is 0.460 e. The second-order valence-corrected chi connectivity index (χ2v) is 13.0. The molecule has 1 unspecified atom stereocenters. The average Bonchev–Trinajstić information content (AvgIpc) is 2.81. The fourth-order valence-electron chi connectivity index (χ4n) is 3.35. The van der Waals surface area contributed by atoms with Gasteiger partial charge in [-0.3, -0.25) is 14.6 Å². The minimum Gasteiger partial charge on any atom is -0.460 e. The van der Waals surface area contributed by atoms with E-state index in [1.807, 2.05) is 13.0 Å². The van der Waals surface area contributed by atoms with Crippen LogP contribution in [0.3, 0.4) is 0 Å². The van der Waals surface area contributed by atoms with Crippen molar-refractivity contribution in [2.24, 2.45) is 22.2 Å². The molecule has 0 spiro atoms. The molecule has 0 aliphatic carbocycles. The number of ketones is 1. The van der Waals surface area contributed by atoms with Crippen LogP contribution in [0.2, 0.25) is 0 Å². The Morgan fingerprint density at radius 2 is 1.60 bits per heavy atom. The number of aliphatic imine (C=N–C) groups is 1. The highest BCUT2D eigenvalue weighted by atomic mass is 19.2. The molecular weight excluding hydrogens is 505 g/mol. The number of halogens is 1. The van der Waals surface area contributed by atoms with Crippen LogP contribution in [0.5, 0.6) is 0 Å². The van der Waals surface area contributed by atoms with Crippen LogP contribution in [0.25, 0.3) is 0 Å². The van der Waals surface area contributed by atoms with E-state index < -0.39 is 23.3 Å². The van der Waals surface area contributed by atoms with Gasteiger partial charge in [0.05, 0.1) is 18.2 Å². The molecule has 0 saturated heterocycles. The van der Waals surface area contributed by atoms with Crippen molar-refractivity contribution in [2.75, 3.05) is 6.61 Å². The lowest BCUT2D eigenvalue weighted by Crippen LogP contribution is -2.33. The highest BCUT2D eigenvalue weighted by Gasteiger charge is 2.27. The number of carbonyl (C=O) groups is 2. The lowest BCUT2D eigenvalue weighted by atomic mass is 9.86. The number of hydrogen-bond donors (Lipinski definition) is 0. The first kappa shape index (κ1) is 37.7. The molecule has 0 aliphatic heterocycles. The van der Waals surface area contributed by atoms with Crippen LogP contribution in [0.1, 0.15) is 116 Å². The maximum absolute atomic E-state index is 13.9. The van der Waals surface area contributed by atoms with E-state index in [0.717, 1.165) is 12.1 Å². The molecule has 0 aliphatic rings. The lowest BCUT2D eigenvalue weighted by molar-refractivity contribution is -0.170. The molecule has 2 atom stereocenters. The zero-order valence-corrected chi connectivity index (χ0v) is 27.5. The van der Waals surface area contributed by atoms with Crippen molar-refractivity contribution < 1.29 is 23.5 Å². The average molecular weight is 562 g/mol. The fraction of sp³-hybridized carbons (Fsp3) is 0.676. The Morgan fingerprint density at radius 3 is 2.08 bits per heavy atom. The molecule has 5 nitrogen and oxygen atoms in total. The second-order valence-electron chi connectivity index (χ2n) is 13.0. The third-order valence-electron chi connectivity index (χ3n) is 6.66. The van der Waals surface area contributed by atoms with Crippen LogP contribution in [0.4, 0.5) is 4.39 Å². The number of esters is 1. The van der Waals surface area contributed by atoms with Gasteiger partial charge in [-0.05, 0) is 103 Å². The summed E-state index contributed by atoms with van der Waals surface area (Å²) in [5.74, 6) is -2.72. The summed E-state index contributed by atoms with van der Waals surface area (Å²) in [4.78, 5) is 30.5. The Morgan fingerprint density at radius 1 is 1.00 bits per heavy atom. The van der Waals surface area contributed by atoms with Crippen molar-refractivity contribution in [3.05, 3.63) is 46.7 Å². The summed E-state index contributed by atoms with van der Waals surface area (Å²) in [5.41, 5.74) is 3.16. The summed E-state index contributed by atoms with van der Waals surface area (Å²) < 4.78 is 24.6. The minimum atomic E-state index is -1.85. The molecule has 0 aromatic rings. The van der Waals surface area contributed by atoms with Crippen molar-refractivity contribution in [1.29, 1.82) is 0 Å². The van der Waals surface area contributed by atoms with Crippen molar-refractivity contribution in [2.45, 2.75) is 127 Å². The first-order valence-electron chi connectivity index (χ1n) is 14.6. The molecule has 0 rings (SSSR count). The van der Waals surface area contributed by atoms with Gasteiger partial charge in [0.15, 0.2) is 5.78 Å². The molecule has 0 aromatic heterocycles. The summed E-state index contributed by atoms with van der Waals surface area (Å²) in [6.07, 6.45) is 11.4. The molecule has 0 heterocycles. The minimum absolute atomic E-state index is 0.0132. The van der Waals surface area contributed by atoms with Crippen LogP contribution in [-0.4, -0.2) is 36.0 Å². The summed E-state index contributed by atoms with van der Waals surface area (Å²) in [7, 11) is 0. The molecule has 0 aromatic carbocycles. The van der Waals surface area contributed by atoms with Gasteiger partial charge in [0, 0.05) is 11.8 Å². The van der Waals surface area contributed by atoms with Gasteiger partial charge < -0.3 is 9.47 Å². The third kappa shape index (κ3) is 16.1. The third-order valence-corrected chi connectivity index (χ3v) is 6.66. The normalized spacial score (nSPS) is 16.4. The van der Waals surface area contributed by atoms with E-state index >= 15 is 0 Å². The Labute approximate surface area is 244 Å². The number of rotatable bonds is 15. The van der Waals surface area contributed by atoms with Crippen molar-refractivity contribution in [3.63, 3.8) is 0 Å². The maximum Gasteiger partial charge on any atom is 0.311 e. The van der Waals surface area contributed by atoms with Gasteiger partial charge in [-0.1, -0.05) is 59.3 Å². The first-order valence-corrected chi connectivity index (χ1v) is 14.6. The number of alkyl halides is 1. The van der Waals surface area contributed by atoms with Crippen LogP contribution >= 0.6 is 0 Å². The second kappa shape index (κ2) is 16.8. The molecule has 0 bridgehead atoms. The van der Waals surface area contributed by atoms with E-state index in [2.05, 4.69) is 54.5 Å². The summed E-state index contributed by atoms with van der Waals surface area (Å²) in [6.45, 7) is 24.9. The Bertz CT molecular complexity index is 979. The number of allylic oxidation sites excluding steroid dienone is 7. The predicted octanol–water partition coefficient (Wildman–Crippen LogP) is 9.29. The van der Waals surface area contributed by atoms with Crippen molar-refractivity contribution >= 4 is 18.0 Å². The zero-order chi connectivity index (χ0) is 31.3. The van der Waals surface area contributed by atoms with E-state index in [4.69, 9.17) is 14.5 Å². The Hall–Kier alpha value is -2.34. The van der Waals surface area contributed by atoms with Crippen LogP contribution in [0, 0.1) is 17.3 Å². The van der Waals surface area contributed by atoms with Gasteiger partial charge in [0.2, 0.25) is 5.85 Å². The first-order chi connectivity index (χ1) is 18.2. The van der Waals surface area contributed by atoms with E-state index in [0.29, 0.717) is 30.8 Å². The molecule has 0 fully saturated rings. The van der Waals surface area contributed by atoms with Gasteiger partial charge in [-0.2, -0.15) is 0 Å². The van der Waals surface area contributed by atoms with Gasteiger partial charge in [-0.25, -0.2) is 4.39 Å². The maximum atomic E-state index is 13.9. The smallest absolute Gasteiger partial charge is 0.311 e. The summed E-state index contributed by atoms with van der Waals surface area (Å²) in [5, 5.41) is 0. The van der Waals surface area contributed by atoms with Crippen LogP contribution in [0.15, 0.2) is 51.7 Å². The number of hydrogen-bond acceptors (Lipinski definition) is 5. The molecular formula is C34H56FNO4. The Kier molecular flexibility index (Phi) is 15.8.